The van der Waals surface area contributed by atoms with Gasteiger partial charge in [-0.1, -0.05) is 33.3 Å². The third-order valence-corrected chi connectivity index (χ3v) is 6.92. The average Bonchev–Trinajstić information content (AvgIpc) is 3.27. The first-order valence-electron chi connectivity index (χ1n) is 13.1. The highest BCUT2D eigenvalue weighted by molar-refractivity contribution is 6.06. The summed E-state index contributed by atoms with van der Waals surface area (Å²) in [5.74, 6) is 1.39. The molecule has 1 atom stereocenters. The second kappa shape index (κ2) is 11.7. The van der Waals surface area contributed by atoms with Gasteiger partial charge in [-0.25, -0.2) is 0 Å². The number of hydrogen-bond acceptors (Lipinski definition) is 4. The summed E-state index contributed by atoms with van der Waals surface area (Å²) in [5.41, 5.74) is 4.58. The first-order valence-corrected chi connectivity index (χ1v) is 13.1. The van der Waals surface area contributed by atoms with E-state index in [1.54, 1.807) is 0 Å². The van der Waals surface area contributed by atoms with E-state index >= 15 is 0 Å². The van der Waals surface area contributed by atoms with Gasteiger partial charge in [0.1, 0.15) is 5.75 Å². The zero-order valence-corrected chi connectivity index (χ0v) is 21.6. The molecule has 0 aliphatic carbocycles. The van der Waals surface area contributed by atoms with Crippen molar-refractivity contribution in [3.63, 3.8) is 0 Å². The Hall–Kier alpha value is -2.92. The van der Waals surface area contributed by atoms with E-state index in [1.165, 1.54) is 31.4 Å². The van der Waals surface area contributed by atoms with E-state index in [2.05, 4.69) is 43.1 Å². The predicted molar refractivity (Wildman–Crippen MR) is 144 cm³/mol. The molecule has 1 fully saturated rings. The van der Waals surface area contributed by atoms with Crippen LogP contribution in [0.4, 0.5) is 5.69 Å². The predicted octanol–water partition coefficient (Wildman–Crippen LogP) is 6.98. The van der Waals surface area contributed by atoms with Crippen molar-refractivity contribution in [1.29, 1.82) is 0 Å². The van der Waals surface area contributed by atoms with E-state index < -0.39 is 0 Å². The number of carbonyl (C=O) groups is 1. The van der Waals surface area contributed by atoms with Gasteiger partial charge < -0.3 is 10.1 Å². The van der Waals surface area contributed by atoms with Gasteiger partial charge in [0.2, 0.25) is 0 Å². The van der Waals surface area contributed by atoms with E-state index in [1.807, 2.05) is 43.5 Å². The van der Waals surface area contributed by atoms with Crippen LogP contribution < -0.4 is 10.1 Å². The summed E-state index contributed by atoms with van der Waals surface area (Å²) >= 11 is 0. The number of carbonyl (C=O) groups excluding carboxylic acids is 1. The van der Waals surface area contributed by atoms with Gasteiger partial charge >= 0.3 is 0 Å². The molecule has 0 spiro atoms. The number of nitrogens with one attached hydrogen (secondary N) is 1. The Balaban J connectivity index is 1.43. The molecule has 1 N–H and O–H groups in total. The molecule has 1 aromatic heterocycles. The van der Waals surface area contributed by atoms with Gasteiger partial charge in [0, 0.05) is 35.4 Å². The first-order chi connectivity index (χ1) is 16.9. The fraction of sp³-hybridized carbons (Fsp3) is 0.467. The number of aryl methyl sites for hydroxylation is 1. The average molecular weight is 474 g/mol. The van der Waals surface area contributed by atoms with Gasteiger partial charge in [0.05, 0.1) is 12.1 Å². The molecule has 35 heavy (non-hydrogen) atoms. The Morgan fingerprint density at radius 3 is 2.74 bits per heavy atom. The van der Waals surface area contributed by atoms with E-state index in [-0.39, 0.29) is 5.91 Å². The number of anilines is 1. The summed E-state index contributed by atoms with van der Waals surface area (Å²) in [6.07, 6.45) is 7.97. The van der Waals surface area contributed by atoms with Crippen LogP contribution in [-0.4, -0.2) is 35.0 Å². The molecular weight excluding hydrogens is 434 g/mol. The van der Waals surface area contributed by atoms with Crippen LogP contribution in [0.3, 0.4) is 0 Å². The number of aromatic nitrogens is 1. The molecule has 0 radical (unpaired) electrons. The van der Waals surface area contributed by atoms with Crippen LogP contribution in [0.15, 0.2) is 48.7 Å². The van der Waals surface area contributed by atoms with Crippen molar-refractivity contribution in [3.8, 4) is 5.75 Å². The fourth-order valence-corrected chi connectivity index (χ4v) is 5.00. The maximum Gasteiger partial charge on any atom is 0.255 e. The lowest BCUT2D eigenvalue weighted by atomic mass is 10.0. The molecule has 4 rings (SSSR count). The van der Waals surface area contributed by atoms with Crippen LogP contribution in [0.25, 0.3) is 10.9 Å². The number of nitrogens with zero attached hydrogens (tertiary/aromatic N) is 2. The SMILES string of the molecule is CCCCOc1ccc(C(=O)Nc2ccc3cc(CN4CCCC4CC(C)C)cnc3c2C)cc1. The van der Waals surface area contributed by atoms with E-state index in [0.29, 0.717) is 18.2 Å². The summed E-state index contributed by atoms with van der Waals surface area (Å²) in [4.78, 5) is 20.3. The number of hydrogen-bond donors (Lipinski definition) is 1. The molecule has 0 saturated carbocycles. The highest BCUT2D eigenvalue weighted by Crippen LogP contribution is 2.28. The van der Waals surface area contributed by atoms with Crippen LogP contribution in [-0.2, 0) is 6.54 Å². The van der Waals surface area contributed by atoms with Crippen LogP contribution in [0, 0.1) is 12.8 Å². The Kier molecular flexibility index (Phi) is 8.40. The molecule has 1 aliphatic rings. The van der Waals surface area contributed by atoms with Crippen molar-refractivity contribution in [3.05, 3.63) is 65.4 Å². The van der Waals surface area contributed by atoms with Crippen LogP contribution in [0.2, 0.25) is 0 Å². The highest BCUT2D eigenvalue weighted by atomic mass is 16.5. The lowest BCUT2D eigenvalue weighted by Gasteiger charge is -2.26. The highest BCUT2D eigenvalue weighted by Gasteiger charge is 2.25. The maximum absolute atomic E-state index is 12.9. The molecular formula is C30H39N3O2. The molecule has 0 bridgehead atoms. The van der Waals surface area contributed by atoms with Crippen molar-refractivity contribution in [2.75, 3.05) is 18.5 Å². The Morgan fingerprint density at radius 1 is 1.20 bits per heavy atom. The minimum Gasteiger partial charge on any atom is -0.494 e. The molecule has 5 heteroatoms. The Bertz CT molecular complexity index is 1140. The van der Waals surface area contributed by atoms with E-state index in [9.17, 15) is 4.79 Å². The number of pyridine rings is 1. The summed E-state index contributed by atoms with van der Waals surface area (Å²) in [7, 11) is 0. The number of likely N-dealkylation sites (tertiary alicyclic amines) is 1. The monoisotopic (exact) mass is 473 g/mol. The fourth-order valence-electron chi connectivity index (χ4n) is 5.00. The minimum atomic E-state index is -0.130. The largest absolute Gasteiger partial charge is 0.494 e. The summed E-state index contributed by atoms with van der Waals surface area (Å²) in [5, 5.41) is 4.18. The van der Waals surface area contributed by atoms with Crippen LogP contribution >= 0.6 is 0 Å². The summed E-state index contributed by atoms with van der Waals surface area (Å²) in [6, 6.07) is 14.3. The number of fused-ring (bicyclic) bond motifs is 1. The van der Waals surface area contributed by atoms with Crippen molar-refractivity contribution < 1.29 is 9.53 Å². The van der Waals surface area contributed by atoms with Crippen LogP contribution in [0.5, 0.6) is 5.75 Å². The van der Waals surface area contributed by atoms with Gasteiger partial charge in [0.25, 0.3) is 5.91 Å². The zero-order chi connectivity index (χ0) is 24.8. The number of rotatable bonds is 10. The second-order valence-electron chi connectivity index (χ2n) is 10.2. The van der Waals surface area contributed by atoms with Crippen molar-refractivity contribution in [2.45, 2.75) is 72.4 Å². The normalized spacial score (nSPS) is 16.2. The third-order valence-electron chi connectivity index (χ3n) is 6.92. The maximum atomic E-state index is 12.9. The lowest BCUT2D eigenvalue weighted by Crippen LogP contribution is -2.30. The lowest BCUT2D eigenvalue weighted by molar-refractivity contribution is 0.102. The van der Waals surface area contributed by atoms with Crippen molar-refractivity contribution in [2.24, 2.45) is 5.92 Å². The van der Waals surface area contributed by atoms with E-state index in [0.717, 1.165) is 53.2 Å². The number of ether oxygens (including phenoxy) is 1. The summed E-state index contributed by atoms with van der Waals surface area (Å²) in [6.45, 7) is 11.6. The third kappa shape index (κ3) is 6.40. The van der Waals surface area contributed by atoms with Gasteiger partial charge in [-0.3, -0.25) is 14.7 Å². The number of unbranched alkanes of at least 4 members (excludes halogenated alkanes) is 1. The molecule has 5 nitrogen and oxygen atoms in total. The zero-order valence-electron chi connectivity index (χ0n) is 21.6. The van der Waals surface area contributed by atoms with Gasteiger partial charge in [-0.15, -0.1) is 0 Å². The van der Waals surface area contributed by atoms with Crippen molar-refractivity contribution >= 4 is 22.5 Å². The van der Waals surface area contributed by atoms with Gasteiger partial charge in [0.15, 0.2) is 0 Å². The summed E-state index contributed by atoms with van der Waals surface area (Å²) < 4.78 is 5.70. The number of amides is 1. The van der Waals surface area contributed by atoms with Gasteiger partial charge in [-0.2, -0.15) is 0 Å². The number of benzene rings is 2. The molecule has 2 heterocycles. The molecule has 1 saturated heterocycles. The molecule has 1 unspecified atom stereocenters. The first kappa shape index (κ1) is 25.2. The van der Waals surface area contributed by atoms with Crippen LogP contribution in [0.1, 0.15) is 74.4 Å². The molecule has 2 aromatic carbocycles. The standard InChI is InChI=1S/C30H39N3O2/c1-5-6-16-35-27-12-9-24(10-13-27)30(34)32-28-14-11-25-18-23(19-31-29(25)22(28)4)20-33-15-7-8-26(33)17-21(2)3/h9-14,18-19,21,26H,5-8,15-17,20H2,1-4H3,(H,32,34). The van der Waals surface area contributed by atoms with E-state index in [4.69, 9.17) is 9.72 Å². The second-order valence-corrected chi connectivity index (χ2v) is 10.2. The molecule has 3 aromatic rings. The smallest absolute Gasteiger partial charge is 0.255 e. The molecule has 1 aliphatic heterocycles. The molecule has 1 amide bonds. The topological polar surface area (TPSA) is 54.5 Å². The molecule has 186 valence electrons. The minimum absolute atomic E-state index is 0.130. The Morgan fingerprint density at radius 2 is 2.00 bits per heavy atom. The van der Waals surface area contributed by atoms with Crippen molar-refractivity contribution in [1.82, 2.24) is 9.88 Å². The quantitative estimate of drug-likeness (QED) is 0.323. The van der Waals surface area contributed by atoms with Gasteiger partial charge in [-0.05, 0) is 92.6 Å². The Labute approximate surface area is 209 Å².